The number of hydrogen-bond donors (Lipinski definition) is 0. The second kappa shape index (κ2) is 4.56. The van der Waals surface area contributed by atoms with E-state index in [1.165, 1.54) is 31.0 Å². The van der Waals surface area contributed by atoms with Crippen LogP contribution in [-0.4, -0.2) is 25.0 Å². The summed E-state index contributed by atoms with van der Waals surface area (Å²) in [4.78, 5) is 39.4. The molecule has 8 nitrogen and oxygen atoms in total. The van der Waals surface area contributed by atoms with Crippen molar-refractivity contribution in [1.82, 2.24) is 19.1 Å². The van der Waals surface area contributed by atoms with Crippen molar-refractivity contribution in [2.75, 3.05) is 0 Å². The average Bonchev–Trinajstić information content (AvgIpc) is 2.76. The first-order valence-corrected chi connectivity index (χ1v) is 5.40. The highest BCUT2D eigenvalue weighted by Gasteiger charge is 2.13. The quantitative estimate of drug-likeness (QED) is 0.688. The van der Waals surface area contributed by atoms with Gasteiger partial charge in [-0.1, -0.05) is 0 Å². The number of rotatable bonds is 2. The van der Waals surface area contributed by atoms with E-state index in [4.69, 9.17) is 4.84 Å². The largest absolute Gasteiger partial charge is 0.364 e. The molecule has 2 heterocycles. The number of hydrogen-bond acceptors (Lipinski definition) is 5. The van der Waals surface area contributed by atoms with E-state index in [1.807, 2.05) is 0 Å². The van der Waals surface area contributed by atoms with E-state index < -0.39 is 17.2 Å². The van der Waals surface area contributed by atoms with Crippen LogP contribution < -0.4 is 16.1 Å². The van der Waals surface area contributed by atoms with Gasteiger partial charge in [-0.05, 0) is 0 Å². The molecule has 2 aromatic rings. The van der Waals surface area contributed by atoms with Crippen LogP contribution in [0.5, 0.6) is 0 Å². The molecule has 0 aliphatic carbocycles. The maximum Gasteiger partial charge on any atom is 0.364 e. The topological polar surface area (TPSA) is 88.1 Å². The first-order valence-electron chi connectivity index (χ1n) is 5.40. The lowest BCUT2D eigenvalue weighted by atomic mass is 10.2. The van der Waals surface area contributed by atoms with Gasteiger partial charge < -0.3 is 4.84 Å². The SMILES string of the molecule is CC(=O)On1cc(-c2cnn(C)c2)c(=O)n(C)c1=O. The van der Waals surface area contributed by atoms with Crippen LogP contribution in [-0.2, 0) is 18.9 Å². The molecule has 0 fully saturated rings. The summed E-state index contributed by atoms with van der Waals surface area (Å²) in [6.07, 6.45) is 4.29. The third-order valence-electron chi connectivity index (χ3n) is 2.50. The highest BCUT2D eigenvalue weighted by atomic mass is 16.7. The molecule has 0 bridgehead atoms. The van der Waals surface area contributed by atoms with Crippen molar-refractivity contribution in [2.45, 2.75) is 6.92 Å². The van der Waals surface area contributed by atoms with Crippen LogP contribution in [0.4, 0.5) is 0 Å². The van der Waals surface area contributed by atoms with Gasteiger partial charge in [-0.25, -0.2) is 9.59 Å². The van der Waals surface area contributed by atoms with Crippen LogP contribution in [0, 0.1) is 0 Å². The number of aryl methyl sites for hydroxylation is 1. The van der Waals surface area contributed by atoms with E-state index in [-0.39, 0.29) is 5.56 Å². The molecule has 0 amide bonds. The van der Waals surface area contributed by atoms with E-state index in [9.17, 15) is 14.4 Å². The molecular formula is C11H12N4O4. The third kappa shape index (κ3) is 2.32. The Balaban J connectivity index is 2.68. The highest BCUT2D eigenvalue weighted by Crippen LogP contribution is 2.11. The van der Waals surface area contributed by atoms with Gasteiger partial charge in [-0.3, -0.25) is 14.0 Å². The van der Waals surface area contributed by atoms with Gasteiger partial charge in [-0.15, -0.1) is 4.73 Å². The van der Waals surface area contributed by atoms with Gasteiger partial charge in [0.15, 0.2) is 0 Å². The summed E-state index contributed by atoms with van der Waals surface area (Å²) < 4.78 is 3.12. The molecule has 2 rings (SSSR count). The van der Waals surface area contributed by atoms with Gasteiger partial charge >= 0.3 is 11.7 Å². The van der Waals surface area contributed by atoms with Crippen molar-refractivity contribution in [3.05, 3.63) is 39.4 Å². The van der Waals surface area contributed by atoms with Crippen LogP contribution in [0.3, 0.4) is 0 Å². The molecule has 0 atom stereocenters. The molecule has 19 heavy (non-hydrogen) atoms. The van der Waals surface area contributed by atoms with Gasteiger partial charge in [0, 0.05) is 32.8 Å². The van der Waals surface area contributed by atoms with Crippen molar-refractivity contribution < 1.29 is 9.63 Å². The van der Waals surface area contributed by atoms with Crippen LogP contribution in [0.1, 0.15) is 6.92 Å². The van der Waals surface area contributed by atoms with E-state index in [2.05, 4.69) is 5.10 Å². The second-order valence-corrected chi connectivity index (χ2v) is 4.00. The summed E-state index contributed by atoms with van der Waals surface area (Å²) in [5.74, 6) is -0.655. The molecule has 0 aliphatic heterocycles. The van der Waals surface area contributed by atoms with Crippen LogP contribution in [0.2, 0.25) is 0 Å². The second-order valence-electron chi connectivity index (χ2n) is 4.00. The summed E-state index contributed by atoms with van der Waals surface area (Å²) in [6, 6.07) is 0. The minimum absolute atomic E-state index is 0.219. The molecule has 0 unspecified atom stereocenters. The molecule has 0 spiro atoms. The maximum absolute atomic E-state index is 12.0. The van der Waals surface area contributed by atoms with Gasteiger partial charge in [0.25, 0.3) is 5.56 Å². The molecule has 0 saturated carbocycles. The molecule has 0 saturated heterocycles. The van der Waals surface area contributed by atoms with Crippen molar-refractivity contribution in [3.63, 3.8) is 0 Å². The smallest absolute Gasteiger partial charge is 0.333 e. The van der Waals surface area contributed by atoms with E-state index in [0.717, 1.165) is 9.30 Å². The van der Waals surface area contributed by atoms with Crippen molar-refractivity contribution in [1.29, 1.82) is 0 Å². The first kappa shape index (κ1) is 12.8. The molecule has 0 aromatic carbocycles. The fourth-order valence-electron chi connectivity index (χ4n) is 1.61. The molecule has 0 N–H and O–H groups in total. The zero-order valence-corrected chi connectivity index (χ0v) is 10.7. The Bertz CT molecular complexity index is 753. The number of nitrogens with zero attached hydrogens (tertiary/aromatic N) is 4. The Morgan fingerprint density at radius 3 is 2.47 bits per heavy atom. The van der Waals surface area contributed by atoms with E-state index in [1.54, 1.807) is 13.2 Å². The standard InChI is InChI=1S/C11H12N4O4/c1-7(16)19-15-6-9(8-4-12-13(2)5-8)10(17)14(3)11(15)18/h4-6H,1-3H3. The van der Waals surface area contributed by atoms with Gasteiger partial charge in [0.05, 0.1) is 18.0 Å². The molecule has 0 radical (unpaired) electrons. The van der Waals surface area contributed by atoms with Gasteiger partial charge in [0.1, 0.15) is 0 Å². The van der Waals surface area contributed by atoms with Gasteiger partial charge in [-0.2, -0.15) is 5.10 Å². The lowest BCUT2D eigenvalue weighted by molar-refractivity contribution is -0.142. The predicted octanol–water partition coefficient (Wildman–Crippen LogP) is -1.08. The molecule has 0 aliphatic rings. The van der Waals surface area contributed by atoms with Crippen molar-refractivity contribution in [3.8, 4) is 11.1 Å². The highest BCUT2D eigenvalue weighted by molar-refractivity contribution is 5.66. The average molecular weight is 264 g/mol. The third-order valence-corrected chi connectivity index (χ3v) is 2.50. The molecular weight excluding hydrogens is 252 g/mol. The maximum atomic E-state index is 12.0. The first-order chi connectivity index (χ1) is 8.90. The Morgan fingerprint density at radius 1 is 1.26 bits per heavy atom. The minimum Gasteiger partial charge on any atom is -0.333 e. The molecule has 100 valence electrons. The van der Waals surface area contributed by atoms with Crippen LogP contribution >= 0.6 is 0 Å². The number of carbonyl (C=O) groups is 1. The summed E-state index contributed by atoms with van der Waals surface area (Å²) in [6.45, 7) is 1.17. The molecule has 2 aromatic heterocycles. The summed E-state index contributed by atoms with van der Waals surface area (Å²) in [7, 11) is 3.01. The van der Waals surface area contributed by atoms with Gasteiger partial charge in [0.2, 0.25) is 0 Å². The summed E-state index contributed by atoms with van der Waals surface area (Å²) >= 11 is 0. The minimum atomic E-state index is -0.729. The number of aromatic nitrogens is 4. The lowest BCUT2D eigenvalue weighted by Gasteiger charge is -2.08. The zero-order chi connectivity index (χ0) is 14.2. The van der Waals surface area contributed by atoms with E-state index >= 15 is 0 Å². The Morgan fingerprint density at radius 2 is 1.95 bits per heavy atom. The summed E-state index contributed by atoms with van der Waals surface area (Å²) in [5, 5.41) is 3.95. The summed E-state index contributed by atoms with van der Waals surface area (Å²) in [5.41, 5.74) is -0.463. The van der Waals surface area contributed by atoms with Crippen LogP contribution in [0.15, 0.2) is 28.2 Å². The molecule has 8 heteroatoms. The Labute approximate surface area is 107 Å². The predicted molar refractivity (Wildman–Crippen MR) is 65.4 cm³/mol. The van der Waals surface area contributed by atoms with Crippen molar-refractivity contribution in [2.24, 2.45) is 14.1 Å². The van der Waals surface area contributed by atoms with Crippen LogP contribution in [0.25, 0.3) is 11.1 Å². The Hall–Kier alpha value is -2.64. The number of carbonyl (C=O) groups excluding carboxylic acids is 1. The normalized spacial score (nSPS) is 10.5. The zero-order valence-electron chi connectivity index (χ0n) is 10.7. The Kier molecular flexibility index (Phi) is 3.07. The fourth-order valence-corrected chi connectivity index (χ4v) is 1.61. The lowest BCUT2D eigenvalue weighted by Crippen LogP contribution is -2.41. The monoisotopic (exact) mass is 264 g/mol. The fraction of sp³-hybridized carbons (Fsp3) is 0.273. The van der Waals surface area contributed by atoms with E-state index in [0.29, 0.717) is 5.56 Å². The van der Waals surface area contributed by atoms with Crippen molar-refractivity contribution >= 4 is 5.97 Å².